The molecule has 0 bridgehead atoms. The Hall–Kier alpha value is -1.02. The molecule has 4 atom stereocenters. The molecule has 25 heavy (non-hydrogen) atoms. The molecule has 1 aromatic rings. The van der Waals surface area contributed by atoms with Crippen molar-refractivity contribution in [1.29, 1.82) is 0 Å². The Balaban J connectivity index is 1.84. The van der Waals surface area contributed by atoms with E-state index in [0.29, 0.717) is 13.0 Å². The van der Waals surface area contributed by atoms with E-state index in [4.69, 9.17) is 0 Å². The lowest BCUT2D eigenvalue weighted by Crippen LogP contribution is -2.29. The third-order valence-electron chi connectivity index (χ3n) is 4.18. The summed E-state index contributed by atoms with van der Waals surface area (Å²) in [5, 5.41) is 0. The fraction of sp³-hybridized carbons (Fsp3) is 0.556. The van der Waals surface area contributed by atoms with Crippen LogP contribution in [-0.4, -0.2) is 40.3 Å². The highest BCUT2D eigenvalue weighted by atomic mass is 32.2. The molecule has 1 unspecified atom stereocenters. The standard InChI is InChI=1S/C18H28N2O3S2/c1-6-16-17(20(16)24(21)18(3,4)5)8-7-13-19-25(22,23)15-11-9-14(2)10-12-15/h6,9-12,16-17,19H,1,7-8,13H2,2-5H3/t16-,17+,20?,24-/m1/s1. The zero-order chi connectivity index (χ0) is 18.8. The van der Waals surface area contributed by atoms with Gasteiger partial charge in [0, 0.05) is 12.6 Å². The molecule has 0 aliphatic carbocycles. The highest BCUT2D eigenvalue weighted by Crippen LogP contribution is 2.38. The van der Waals surface area contributed by atoms with Crippen LogP contribution >= 0.6 is 0 Å². The quantitative estimate of drug-likeness (QED) is 0.426. The van der Waals surface area contributed by atoms with Gasteiger partial charge in [-0.3, -0.25) is 0 Å². The second-order valence-electron chi connectivity index (χ2n) is 7.37. The SMILES string of the molecule is C=C[C@@H]1[C@H](CCCNS(=O)(=O)c2ccc(C)cc2)N1[S@](=O)C(C)(C)C. The molecular weight excluding hydrogens is 356 g/mol. The van der Waals surface area contributed by atoms with Gasteiger partial charge in [-0.25, -0.2) is 21.7 Å². The van der Waals surface area contributed by atoms with Crippen LogP contribution in [0.1, 0.15) is 39.2 Å². The van der Waals surface area contributed by atoms with Crippen molar-refractivity contribution in [1.82, 2.24) is 9.03 Å². The average molecular weight is 385 g/mol. The molecule has 1 aliphatic heterocycles. The molecule has 1 heterocycles. The Morgan fingerprint density at radius 2 is 1.88 bits per heavy atom. The van der Waals surface area contributed by atoms with Crippen LogP contribution < -0.4 is 4.72 Å². The third-order valence-corrected chi connectivity index (χ3v) is 7.60. The van der Waals surface area contributed by atoms with Crippen molar-refractivity contribution in [2.24, 2.45) is 0 Å². The molecule has 0 saturated carbocycles. The second kappa shape index (κ2) is 7.70. The van der Waals surface area contributed by atoms with Gasteiger partial charge in [-0.05, 0) is 52.7 Å². The van der Waals surface area contributed by atoms with Crippen molar-refractivity contribution in [3.63, 3.8) is 0 Å². The summed E-state index contributed by atoms with van der Waals surface area (Å²) in [6.45, 7) is 12.0. The molecule has 1 aliphatic rings. The van der Waals surface area contributed by atoms with E-state index in [1.54, 1.807) is 24.3 Å². The fourth-order valence-electron chi connectivity index (χ4n) is 2.70. The van der Waals surface area contributed by atoms with E-state index in [1.807, 2.05) is 38.1 Å². The van der Waals surface area contributed by atoms with E-state index in [2.05, 4.69) is 11.3 Å². The van der Waals surface area contributed by atoms with Gasteiger partial charge < -0.3 is 0 Å². The van der Waals surface area contributed by atoms with E-state index in [0.717, 1.165) is 12.0 Å². The van der Waals surface area contributed by atoms with Crippen molar-refractivity contribution >= 4 is 21.0 Å². The number of nitrogens with one attached hydrogen (secondary N) is 1. The van der Waals surface area contributed by atoms with Gasteiger partial charge in [0.2, 0.25) is 10.0 Å². The first kappa shape index (κ1) is 20.3. The average Bonchev–Trinajstić information content (AvgIpc) is 3.23. The maximum atomic E-state index is 12.5. The molecule has 1 saturated heterocycles. The second-order valence-corrected chi connectivity index (χ2v) is 11.3. The molecule has 0 aromatic heterocycles. The van der Waals surface area contributed by atoms with Crippen LogP contribution in [-0.2, 0) is 21.0 Å². The topological polar surface area (TPSA) is 66.2 Å². The van der Waals surface area contributed by atoms with Gasteiger partial charge in [-0.15, -0.1) is 6.58 Å². The van der Waals surface area contributed by atoms with Crippen LogP contribution in [0.2, 0.25) is 0 Å². The van der Waals surface area contributed by atoms with Gasteiger partial charge in [0.05, 0.1) is 15.7 Å². The number of hydrogen-bond acceptors (Lipinski definition) is 3. The maximum Gasteiger partial charge on any atom is 0.240 e. The van der Waals surface area contributed by atoms with Gasteiger partial charge in [0.15, 0.2) is 0 Å². The zero-order valence-electron chi connectivity index (χ0n) is 15.4. The van der Waals surface area contributed by atoms with Crippen LogP contribution in [0, 0.1) is 6.92 Å². The number of benzene rings is 1. The number of hydrogen-bond donors (Lipinski definition) is 1. The Kier molecular flexibility index (Phi) is 6.25. The Morgan fingerprint density at radius 1 is 1.28 bits per heavy atom. The minimum absolute atomic E-state index is 0.119. The molecule has 5 nitrogen and oxygen atoms in total. The van der Waals surface area contributed by atoms with Crippen LogP contribution in [0.25, 0.3) is 0 Å². The van der Waals surface area contributed by atoms with Gasteiger partial charge in [0.25, 0.3) is 0 Å². The summed E-state index contributed by atoms with van der Waals surface area (Å²) in [6, 6.07) is 7.09. The summed E-state index contributed by atoms with van der Waals surface area (Å²) in [5.74, 6) is 0. The van der Waals surface area contributed by atoms with Crippen molar-refractivity contribution in [2.75, 3.05) is 6.54 Å². The van der Waals surface area contributed by atoms with E-state index in [-0.39, 0.29) is 21.7 Å². The Bertz CT molecular complexity index is 737. The van der Waals surface area contributed by atoms with E-state index < -0.39 is 21.0 Å². The minimum atomic E-state index is -3.47. The first-order valence-corrected chi connectivity index (χ1v) is 11.1. The number of sulfonamides is 1. The smallest absolute Gasteiger partial charge is 0.240 e. The summed E-state index contributed by atoms with van der Waals surface area (Å²) in [4.78, 5) is 0.281. The lowest BCUT2D eigenvalue weighted by atomic mass is 10.2. The number of nitrogens with zero attached hydrogens (tertiary/aromatic N) is 1. The van der Waals surface area contributed by atoms with E-state index in [1.165, 1.54) is 0 Å². The van der Waals surface area contributed by atoms with E-state index >= 15 is 0 Å². The van der Waals surface area contributed by atoms with Crippen molar-refractivity contribution in [3.8, 4) is 0 Å². The lowest BCUT2D eigenvalue weighted by Gasteiger charge is -2.18. The molecule has 0 spiro atoms. The van der Waals surface area contributed by atoms with Crippen LogP contribution in [0.15, 0.2) is 41.8 Å². The normalized spacial score (nSPS) is 24.7. The fourth-order valence-corrected chi connectivity index (χ4v) is 5.28. The van der Waals surface area contributed by atoms with Gasteiger partial charge in [-0.1, -0.05) is 23.8 Å². The summed E-state index contributed by atoms with van der Waals surface area (Å²) in [6.07, 6.45) is 3.30. The van der Waals surface area contributed by atoms with Gasteiger partial charge in [0.1, 0.15) is 11.0 Å². The van der Waals surface area contributed by atoms with E-state index in [9.17, 15) is 12.6 Å². The first-order valence-electron chi connectivity index (χ1n) is 8.47. The Labute approximate surface area is 154 Å². The molecule has 2 rings (SSSR count). The number of rotatable bonds is 8. The molecule has 0 radical (unpaired) electrons. The van der Waals surface area contributed by atoms with Crippen LogP contribution in [0.5, 0.6) is 0 Å². The number of aryl methyl sites for hydroxylation is 1. The Morgan fingerprint density at radius 3 is 2.40 bits per heavy atom. The maximum absolute atomic E-state index is 12.5. The summed E-state index contributed by atoms with van der Waals surface area (Å²) in [5.41, 5.74) is 1.02. The summed E-state index contributed by atoms with van der Waals surface area (Å²) >= 11 is 0. The highest BCUT2D eigenvalue weighted by molar-refractivity contribution is 7.89. The molecular formula is C18H28N2O3S2. The van der Waals surface area contributed by atoms with Crippen LogP contribution in [0.3, 0.4) is 0 Å². The predicted molar refractivity (Wildman–Crippen MR) is 103 cm³/mol. The molecule has 1 N–H and O–H groups in total. The molecule has 1 fully saturated rings. The summed E-state index contributed by atoms with van der Waals surface area (Å²) in [7, 11) is -4.54. The monoisotopic (exact) mass is 384 g/mol. The minimum Gasteiger partial charge on any atom is -0.242 e. The zero-order valence-corrected chi connectivity index (χ0v) is 17.0. The van der Waals surface area contributed by atoms with Gasteiger partial charge >= 0.3 is 0 Å². The van der Waals surface area contributed by atoms with Crippen molar-refractivity contribution in [3.05, 3.63) is 42.5 Å². The highest BCUT2D eigenvalue weighted by Gasteiger charge is 2.51. The first-order chi connectivity index (χ1) is 11.6. The van der Waals surface area contributed by atoms with Crippen LogP contribution in [0.4, 0.5) is 0 Å². The predicted octanol–water partition coefficient (Wildman–Crippen LogP) is 2.75. The lowest BCUT2D eigenvalue weighted by molar-refractivity contribution is 0.567. The summed E-state index contributed by atoms with van der Waals surface area (Å²) < 4.78 is 41.3. The molecule has 140 valence electrons. The largest absolute Gasteiger partial charge is 0.242 e. The van der Waals surface area contributed by atoms with Crippen molar-refractivity contribution < 1.29 is 12.6 Å². The van der Waals surface area contributed by atoms with Crippen molar-refractivity contribution in [2.45, 2.75) is 62.3 Å². The molecule has 1 aromatic carbocycles. The molecule has 0 amide bonds. The third kappa shape index (κ3) is 5.00. The van der Waals surface area contributed by atoms with Gasteiger partial charge in [-0.2, -0.15) is 0 Å². The molecule has 7 heteroatoms.